The van der Waals surface area contributed by atoms with Crippen LogP contribution < -0.4 is 4.74 Å². The molecule has 1 unspecified atom stereocenters. The van der Waals surface area contributed by atoms with Crippen molar-refractivity contribution in [2.75, 3.05) is 14.2 Å². The molecule has 24 heavy (non-hydrogen) atoms. The highest BCUT2D eigenvalue weighted by molar-refractivity contribution is 6.31. The van der Waals surface area contributed by atoms with E-state index in [1.54, 1.807) is 43.3 Å². The fourth-order valence-electron chi connectivity index (χ4n) is 2.69. The van der Waals surface area contributed by atoms with Crippen LogP contribution in [0, 0.1) is 0 Å². The number of halogens is 1. The van der Waals surface area contributed by atoms with Gasteiger partial charge in [-0.1, -0.05) is 29.8 Å². The lowest BCUT2D eigenvalue weighted by Gasteiger charge is -2.25. The Kier molecular flexibility index (Phi) is 4.49. The molecule has 0 fully saturated rings. The highest BCUT2D eigenvalue weighted by Gasteiger charge is 2.24. The summed E-state index contributed by atoms with van der Waals surface area (Å²) in [6, 6.07) is 14.5. The molecule has 4 nitrogen and oxygen atoms in total. The average molecular weight is 344 g/mol. The van der Waals surface area contributed by atoms with Gasteiger partial charge in [-0.3, -0.25) is 4.79 Å². The van der Waals surface area contributed by atoms with Crippen LogP contribution in [0.1, 0.15) is 29.1 Å². The number of fused-ring (bicyclic) bond motifs is 1. The lowest BCUT2D eigenvalue weighted by Crippen LogP contribution is -2.29. The van der Waals surface area contributed by atoms with Gasteiger partial charge < -0.3 is 14.1 Å². The standard InChI is InChI=1S/C19H18ClNO3/c1-12(15-6-4-5-7-17(15)23-3)21(2)19(22)18-11-13-10-14(20)8-9-16(13)24-18/h4-12H,1-3H3. The molecule has 1 atom stereocenters. The summed E-state index contributed by atoms with van der Waals surface area (Å²) in [6.45, 7) is 1.95. The summed E-state index contributed by atoms with van der Waals surface area (Å²) >= 11 is 5.98. The first-order valence-corrected chi connectivity index (χ1v) is 7.98. The Balaban J connectivity index is 1.90. The minimum atomic E-state index is -0.194. The number of methoxy groups -OCH3 is 1. The molecule has 0 spiro atoms. The van der Waals surface area contributed by atoms with E-state index in [4.69, 9.17) is 20.8 Å². The number of rotatable bonds is 4. The topological polar surface area (TPSA) is 42.7 Å². The lowest BCUT2D eigenvalue weighted by molar-refractivity contribution is 0.0711. The molecule has 3 aromatic rings. The second-order valence-electron chi connectivity index (χ2n) is 5.63. The third kappa shape index (κ3) is 2.97. The van der Waals surface area contributed by atoms with E-state index in [9.17, 15) is 4.79 Å². The van der Waals surface area contributed by atoms with Gasteiger partial charge in [-0.2, -0.15) is 0 Å². The predicted molar refractivity (Wildman–Crippen MR) is 94.7 cm³/mol. The van der Waals surface area contributed by atoms with Crippen molar-refractivity contribution in [2.45, 2.75) is 13.0 Å². The number of para-hydroxylation sites is 1. The molecule has 0 saturated carbocycles. The Morgan fingerprint density at radius 1 is 1.21 bits per heavy atom. The van der Waals surface area contributed by atoms with Gasteiger partial charge in [0.25, 0.3) is 5.91 Å². The number of amides is 1. The summed E-state index contributed by atoms with van der Waals surface area (Å²) in [4.78, 5) is 14.4. The number of carbonyl (C=O) groups is 1. The Morgan fingerprint density at radius 2 is 1.96 bits per heavy atom. The molecule has 1 heterocycles. The zero-order valence-electron chi connectivity index (χ0n) is 13.7. The van der Waals surface area contributed by atoms with Gasteiger partial charge in [-0.15, -0.1) is 0 Å². The normalized spacial score (nSPS) is 12.2. The van der Waals surface area contributed by atoms with Crippen LogP contribution in [-0.4, -0.2) is 25.0 Å². The Labute approximate surface area is 145 Å². The molecule has 2 aromatic carbocycles. The van der Waals surface area contributed by atoms with Crippen molar-refractivity contribution in [3.8, 4) is 5.75 Å². The van der Waals surface area contributed by atoms with Crippen LogP contribution in [0.4, 0.5) is 0 Å². The minimum absolute atomic E-state index is 0.162. The Bertz CT molecular complexity index is 887. The first kappa shape index (κ1) is 16.4. The smallest absolute Gasteiger partial charge is 0.289 e. The molecule has 0 saturated heterocycles. The third-order valence-corrected chi connectivity index (χ3v) is 4.41. The maximum Gasteiger partial charge on any atom is 0.289 e. The molecule has 5 heteroatoms. The van der Waals surface area contributed by atoms with Crippen molar-refractivity contribution < 1.29 is 13.9 Å². The number of carbonyl (C=O) groups excluding carboxylic acids is 1. The molecule has 0 radical (unpaired) electrons. The average Bonchev–Trinajstić information content (AvgIpc) is 3.02. The summed E-state index contributed by atoms with van der Waals surface area (Å²) in [5, 5.41) is 1.42. The van der Waals surface area contributed by atoms with Crippen LogP contribution in [0.15, 0.2) is 52.9 Å². The first-order chi connectivity index (χ1) is 11.5. The second-order valence-corrected chi connectivity index (χ2v) is 6.06. The van der Waals surface area contributed by atoms with Gasteiger partial charge in [0.1, 0.15) is 11.3 Å². The van der Waals surface area contributed by atoms with Crippen molar-refractivity contribution in [1.29, 1.82) is 0 Å². The predicted octanol–water partition coefficient (Wildman–Crippen LogP) is 4.93. The molecular weight excluding hydrogens is 326 g/mol. The number of benzene rings is 2. The summed E-state index contributed by atoms with van der Waals surface area (Å²) in [6.07, 6.45) is 0. The largest absolute Gasteiger partial charge is 0.496 e. The SMILES string of the molecule is COc1ccccc1C(C)N(C)C(=O)c1cc2cc(Cl)ccc2o1. The Hall–Kier alpha value is -2.46. The van der Waals surface area contributed by atoms with Crippen LogP contribution in [0.2, 0.25) is 5.02 Å². The molecular formula is C19H18ClNO3. The van der Waals surface area contributed by atoms with E-state index < -0.39 is 0 Å². The van der Waals surface area contributed by atoms with Crippen LogP contribution in [-0.2, 0) is 0 Å². The highest BCUT2D eigenvalue weighted by Crippen LogP contribution is 2.30. The maximum absolute atomic E-state index is 12.8. The highest BCUT2D eigenvalue weighted by atomic mass is 35.5. The van der Waals surface area contributed by atoms with Gasteiger partial charge in [-0.05, 0) is 37.3 Å². The van der Waals surface area contributed by atoms with Crippen molar-refractivity contribution in [3.63, 3.8) is 0 Å². The van der Waals surface area contributed by atoms with Gasteiger partial charge in [0.15, 0.2) is 5.76 Å². The van der Waals surface area contributed by atoms with E-state index in [1.807, 2.05) is 31.2 Å². The molecule has 1 aromatic heterocycles. The van der Waals surface area contributed by atoms with E-state index in [0.717, 1.165) is 16.7 Å². The number of furan rings is 1. The van der Waals surface area contributed by atoms with E-state index in [2.05, 4.69) is 0 Å². The van der Waals surface area contributed by atoms with Crippen LogP contribution in [0.25, 0.3) is 11.0 Å². The third-order valence-electron chi connectivity index (χ3n) is 4.18. The molecule has 3 rings (SSSR count). The molecule has 1 amide bonds. The van der Waals surface area contributed by atoms with Crippen LogP contribution in [0.5, 0.6) is 5.75 Å². The van der Waals surface area contributed by atoms with Crippen molar-refractivity contribution >= 4 is 28.5 Å². The molecule has 0 aliphatic rings. The van der Waals surface area contributed by atoms with Crippen LogP contribution in [0.3, 0.4) is 0 Å². The van der Waals surface area contributed by atoms with Gasteiger partial charge in [0.2, 0.25) is 0 Å². The first-order valence-electron chi connectivity index (χ1n) is 7.60. The van der Waals surface area contributed by atoms with Crippen molar-refractivity contribution in [3.05, 3.63) is 64.9 Å². The van der Waals surface area contributed by atoms with Gasteiger partial charge in [0.05, 0.1) is 13.2 Å². The molecule has 0 N–H and O–H groups in total. The van der Waals surface area contributed by atoms with Crippen molar-refractivity contribution in [2.24, 2.45) is 0 Å². The summed E-state index contributed by atoms with van der Waals surface area (Å²) in [5.41, 5.74) is 1.58. The van der Waals surface area contributed by atoms with Gasteiger partial charge in [-0.25, -0.2) is 0 Å². The number of nitrogens with zero attached hydrogens (tertiary/aromatic N) is 1. The number of hydrogen-bond acceptors (Lipinski definition) is 3. The molecule has 0 aliphatic heterocycles. The number of hydrogen-bond donors (Lipinski definition) is 0. The van der Waals surface area contributed by atoms with E-state index in [0.29, 0.717) is 10.6 Å². The fraction of sp³-hybridized carbons (Fsp3) is 0.211. The lowest BCUT2D eigenvalue weighted by atomic mass is 10.1. The van der Waals surface area contributed by atoms with E-state index >= 15 is 0 Å². The van der Waals surface area contributed by atoms with Crippen LogP contribution >= 0.6 is 11.6 Å². The zero-order chi connectivity index (χ0) is 17.3. The zero-order valence-corrected chi connectivity index (χ0v) is 14.5. The van der Waals surface area contributed by atoms with E-state index in [1.165, 1.54) is 0 Å². The van der Waals surface area contributed by atoms with Gasteiger partial charge in [0, 0.05) is 23.0 Å². The quantitative estimate of drug-likeness (QED) is 0.674. The summed E-state index contributed by atoms with van der Waals surface area (Å²) in [5.74, 6) is 0.846. The summed E-state index contributed by atoms with van der Waals surface area (Å²) in [7, 11) is 3.37. The fourth-order valence-corrected chi connectivity index (χ4v) is 2.87. The molecule has 0 aliphatic carbocycles. The molecule has 0 bridgehead atoms. The number of ether oxygens (including phenoxy) is 1. The molecule has 124 valence electrons. The summed E-state index contributed by atoms with van der Waals surface area (Å²) < 4.78 is 11.1. The monoisotopic (exact) mass is 343 g/mol. The minimum Gasteiger partial charge on any atom is -0.496 e. The van der Waals surface area contributed by atoms with Crippen molar-refractivity contribution in [1.82, 2.24) is 4.90 Å². The Morgan fingerprint density at radius 3 is 2.71 bits per heavy atom. The second kappa shape index (κ2) is 6.57. The maximum atomic E-state index is 12.8. The van der Waals surface area contributed by atoms with E-state index in [-0.39, 0.29) is 17.7 Å². The van der Waals surface area contributed by atoms with Gasteiger partial charge >= 0.3 is 0 Å².